The molecule has 10 nitrogen and oxygen atoms in total. The molecule has 0 spiro atoms. The van der Waals surface area contributed by atoms with Crippen LogP contribution in [0.25, 0.3) is 11.3 Å². The summed E-state index contributed by atoms with van der Waals surface area (Å²) in [5, 5.41) is 26.6. The molecule has 1 aliphatic heterocycles. The van der Waals surface area contributed by atoms with E-state index in [1.807, 2.05) is 4.90 Å². The molecule has 0 radical (unpaired) electrons. The number of thiocarbonyl (C=S) groups is 1. The van der Waals surface area contributed by atoms with Crippen LogP contribution >= 0.6 is 12.2 Å². The van der Waals surface area contributed by atoms with Crippen molar-refractivity contribution in [2.45, 2.75) is 26.4 Å². The fourth-order valence-corrected chi connectivity index (χ4v) is 4.46. The van der Waals surface area contributed by atoms with Crippen LogP contribution in [0.1, 0.15) is 35.9 Å². The van der Waals surface area contributed by atoms with Crippen molar-refractivity contribution >= 4 is 40.3 Å². The molecule has 1 amide bonds. The molecule has 2 aromatic carbocycles. The molecular weight excluding hydrogens is 496 g/mol. The quantitative estimate of drug-likeness (QED) is 0.228. The van der Waals surface area contributed by atoms with Gasteiger partial charge in [0, 0.05) is 30.4 Å². The van der Waals surface area contributed by atoms with Gasteiger partial charge in [-0.3, -0.25) is 20.2 Å². The molecule has 37 heavy (non-hydrogen) atoms. The Kier molecular flexibility index (Phi) is 8.04. The SMILES string of the molecule is COc1ccc(NC(=S)NC(=O)c2ccc(N3CCC(C)CC3)c([N+](=O)[O-])c2)cc1-c1ccc(CO)o1. The van der Waals surface area contributed by atoms with Crippen LogP contribution in [0.15, 0.2) is 52.9 Å². The van der Waals surface area contributed by atoms with Gasteiger partial charge < -0.3 is 24.5 Å². The van der Waals surface area contributed by atoms with Crippen molar-refractivity contribution < 1.29 is 24.0 Å². The van der Waals surface area contributed by atoms with Crippen molar-refractivity contribution in [1.82, 2.24) is 5.32 Å². The van der Waals surface area contributed by atoms with E-state index in [9.17, 15) is 20.0 Å². The van der Waals surface area contributed by atoms with E-state index in [-0.39, 0.29) is 23.0 Å². The van der Waals surface area contributed by atoms with Gasteiger partial charge in [0.1, 0.15) is 29.6 Å². The molecule has 0 unspecified atom stereocenters. The van der Waals surface area contributed by atoms with E-state index in [0.717, 1.165) is 25.9 Å². The summed E-state index contributed by atoms with van der Waals surface area (Å²) in [4.78, 5) is 26.1. The maximum atomic E-state index is 12.8. The highest BCUT2D eigenvalue weighted by molar-refractivity contribution is 7.80. The average molecular weight is 525 g/mol. The van der Waals surface area contributed by atoms with Gasteiger partial charge in [0.25, 0.3) is 11.6 Å². The number of aliphatic hydroxyl groups excluding tert-OH is 1. The topological polar surface area (TPSA) is 130 Å². The number of hydrogen-bond acceptors (Lipinski definition) is 8. The molecule has 3 aromatic rings. The van der Waals surface area contributed by atoms with E-state index in [2.05, 4.69) is 17.6 Å². The Morgan fingerprint density at radius 1 is 1.22 bits per heavy atom. The minimum atomic E-state index is -0.563. The van der Waals surface area contributed by atoms with Crippen LogP contribution in [0.4, 0.5) is 17.1 Å². The Hall–Kier alpha value is -3.96. The molecule has 1 aliphatic rings. The highest BCUT2D eigenvalue weighted by atomic mass is 32.1. The zero-order chi connectivity index (χ0) is 26.5. The molecule has 11 heteroatoms. The van der Waals surface area contributed by atoms with E-state index in [0.29, 0.717) is 40.1 Å². The number of nitro benzene ring substituents is 1. The van der Waals surface area contributed by atoms with Crippen LogP contribution < -0.4 is 20.3 Å². The summed E-state index contributed by atoms with van der Waals surface area (Å²) in [7, 11) is 1.53. The van der Waals surface area contributed by atoms with Gasteiger partial charge in [-0.25, -0.2) is 0 Å². The first-order chi connectivity index (χ1) is 17.8. The zero-order valence-corrected chi connectivity index (χ0v) is 21.3. The van der Waals surface area contributed by atoms with Crippen molar-refractivity contribution in [1.29, 1.82) is 0 Å². The maximum absolute atomic E-state index is 12.8. The molecule has 0 atom stereocenters. The summed E-state index contributed by atoms with van der Waals surface area (Å²) in [6, 6.07) is 13.0. The lowest BCUT2D eigenvalue weighted by atomic mass is 9.98. The normalized spacial score (nSPS) is 13.8. The standard InChI is InChI=1S/C26H28N4O6S/c1-16-9-11-29(12-10-16)21-6-3-17(13-22(21)30(33)34)25(32)28-26(37)27-18-4-7-23(35-2)20(14-18)24-8-5-19(15-31)36-24/h3-8,13-14,16,31H,9-12,15H2,1-2H3,(H2,27,28,32,37). The fraction of sp³-hybridized carbons (Fsp3) is 0.308. The molecule has 1 aromatic heterocycles. The third-order valence-electron chi connectivity index (χ3n) is 6.33. The fourth-order valence-electron chi connectivity index (χ4n) is 4.25. The number of ether oxygens (including phenoxy) is 1. The number of nitro groups is 1. The van der Waals surface area contributed by atoms with Gasteiger partial charge in [-0.1, -0.05) is 6.92 Å². The predicted octanol–water partition coefficient (Wildman–Crippen LogP) is 4.72. The molecule has 4 rings (SSSR count). The van der Waals surface area contributed by atoms with Gasteiger partial charge in [-0.2, -0.15) is 0 Å². The number of carbonyl (C=O) groups excluding carboxylic acids is 1. The summed E-state index contributed by atoms with van der Waals surface area (Å²) >= 11 is 5.31. The lowest BCUT2D eigenvalue weighted by Crippen LogP contribution is -2.35. The number of carbonyl (C=O) groups is 1. The smallest absolute Gasteiger partial charge is 0.293 e. The second kappa shape index (κ2) is 11.4. The Morgan fingerprint density at radius 2 is 1.97 bits per heavy atom. The van der Waals surface area contributed by atoms with E-state index in [1.54, 1.807) is 42.5 Å². The second-order valence-corrected chi connectivity index (χ2v) is 9.29. The molecule has 0 bridgehead atoms. The number of piperidine rings is 1. The molecule has 0 saturated carbocycles. The Morgan fingerprint density at radius 3 is 2.62 bits per heavy atom. The second-order valence-electron chi connectivity index (χ2n) is 8.88. The third-order valence-corrected chi connectivity index (χ3v) is 6.53. The van der Waals surface area contributed by atoms with Crippen molar-refractivity contribution in [3.05, 3.63) is 70.0 Å². The van der Waals surface area contributed by atoms with E-state index < -0.39 is 10.8 Å². The number of hydrogen-bond donors (Lipinski definition) is 3. The summed E-state index contributed by atoms with van der Waals surface area (Å²) in [5.41, 5.74) is 1.72. The third kappa shape index (κ3) is 6.07. The van der Waals surface area contributed by atoms with Gasteiger partial charge in [-0.05, 0) is 73.4 Å². The number of methoxy groups -OCH3 is 1. The minimum Gasteiger partial charge on any atom is -0.496 e. The summed E-state index contributed by atoms with van der Waals surface area (Å²) in [6.07, 6.45) is 1.93. The maximum Gasteiger partial charge on any atom is 0.293 e. The average Bonchev–Trinajstić information content (AvgIpc) is 3.38. The number of furan rings is 1. The van der Waals surface area contributed by atoms with Crippen LogP contribution in [0.5, 0.6) is 5.75 Å². The van der Waals surface area contributed by atoms with Crippen LogP contribution in [0.3, 0.4) is 0 Å². The summed E-state index contributed by atoms with van der Waals surface area (Å²) in [6.45, 7) is 3.43. The van der Waals surface area contributed by atoms with Crippen LogP contribution in [0.2, 0.25) is 0 Å². The lowest BCUT2D eigenvalue weighted by Gasteiger charge is -2.31. The Bertz CT molecular complexity index is 1320. The molecule has 194 valence electrons. The van der Waals surface area contributed by atoms with Crippen LogP contribution in [-0.4, -0.2) is 41.2 Å². The number of aliphatic hydroxyl groups is 1. The molecule has 2 heterocycles. The number of anilines is 2. The largest absolute Gasteiger partial charge is 0.496 e. The first-order valence-electron chi connectivity index (χ1n) is 11.8. The zero-order valence-electron chi connectivity index (χ0n) is 20.5. The molecule has 1 saturated heterocycles. The number of nitrogens with zero attached hydrogens (tertiary/aromatic N) is 2. The number of benzene rings is 2. The van der Waals surface area contributed by atoms with Crippen molar-refractivity contribution in [3.8, 4) is 17.1 Å². The Labute approximate surface area is 219 Å². The van der Waals surface area contributed by atoms with Gasteiger partial charge in [0.05, 0.1) is 17.6 Å². The van der Waals surface area contributed by atoms with Crippen LogP contribution in [0, 0.1) is 16.0 Å². The highest BCUT2D eigenvalue weighted by Crippen LogP contribution is 2.34. The Balaban J connectivity index is 1.47. The molecule has 1 fully saturated rings. The van der Waals surface area contributed by atoms with Crippen molar-refractivity contribution in [2.24, 2.45) is 5.92 Å². The van der Waals surface area contributed by atoms with Crippen LogP contribution in [-0.2, 0) is 6.61 Å². The van der Waals surface area contributed by atoms with Crippen molar-refractivity contribution in [2.75, 3.05) is 30.4 Å². The predicted molar refractivity (Wildman–Crippen MR) is 144 cm³/mol. The van der Waals surface area contributed by atoms with E-state index in [4.69, 9.17) is 21.4 Å². The number of amides is 1. The summed E-state index contributed by atoms with van der Waals surface area (Å²) < 4.78 is 11.0. The lowest BCUT2D eigenvalue weighted by molar-refractivity contribution is -0.384. The molecule has 3 N–H and O–H groups in total. The number of nitrogens with one attached hydrogen (secondary N) is 2. The van der Waals surface area contributed by atoms with Gasteiger partial charge in [0.15, 0.2) is 5.11 Å². The van der Waals surface area contributed by atoms with E-state index >= 15 is 0 Å². The first kappa shape index (κ1) is 26.1. The monoisotopic (exact) mass is 524 g/mol. The molecule has 0 aliphatic carbocycles. The van der Waals surface area contributed by atoms with Crippen molar-refractivity contribution in [3.63, 3.8) is 0 Å². The number of rotatable bonds is 7. The summed E-state index contributed by atoms with van der Waals surface area (Å²) in [5.74, 6) is 1.48. The van der Waals surface area contributed by atoms with Gasteiger partial charge in [-0.15, -0.1) is 0 Å². The first-order valence-corrected chi connectivity index (χ1v) is 12.2. The van der Waals surface area contributed by atoms with Gasteiger partial charge in [0.2, 0.25) is 0 Å². The minimum absolute atomic E-state index is 0.0216. The molecular formula is C26H28N4O6S. The van der Waals surface area contributed by atoms with Gasteiger partial charge >= 0.3 is 0 Å². The highest BCUT2D eigenvalue weighted by Gasteiger charge is 2.25. The van der Waals surface area contributed by atoms with E-state index in [1.165, 1.54) is 13.2 Å².